The molecule has 0 unspecified atom stereocenters. The number of aliphatic hydroxyl groups excluding tert-OH is 1. The van der Waals surface area contributed by atoms with E-state index in [1.54, 1.807) is 31.4 Å². The van der Waals surface area contributed by atoms with Gasteiger partial charge in [-0.25, -0.2) is 4.79 Å². The molecule has 0 bridgehead atoms. The second kappa shape index (κ2) is 27.8. The molecule has 0 aliphatic carbocycles. The minimum Gasteiger partial charge on any atom is -0.497 e. The summed E-state index contributed by atoms with van der Waals surface area (Å²) in [6.07, 6.45) is -10.6. The van der Waals surface area contributed by atoms with E-state index < -0.39 is 67.4 Å². The van der Waals surface area contributed by atoms with E-state index >= 15 is 0 Å². The third-order valence-corrected chi connectivity index (χ3v) is 13.0. The van der Waals surface area contributed by atoms with Crippen LogP contribution in [0.15, 0.2) is 206 Å². The van der Waals surface area contributed by atoms with Gasteiger partial charge in [0.2, 0.25) is 0 Å². The molecule has 0 aromatic heterocycles. The Hall–Kier alpha value is -6.59. The zero-order valence-corrected chi connectivity index (χ0v) is 41.9. The van der Waals surface area contributed by atoms with Gasteiger partial charge in [0.1, 0.15) is 61.2 Å². The highest BCUT2D eigenvalue weighted by atomic mass is 16.8. The Balaban J connectivity index is 1.11. The van der Waals surface area contributed by atoms with Gasteiger partial charge in [0.05, 0.1) is 58.9 Å². The van der Waals surface area contributed by atoms with E-state index in [0.717, 1.165) is 33.4 Å². The van der Waals surface area contributed by atoms with E-state index in [2.05, 4.69) is 0 Å². The van der Waals surface area contributed by atoms with E-state index in [1.807, 2.05) is 182 Å². The van der Waals surface area contributed by atoms with E-state index in [-0.39, 0.29) is 46.2 Å². The summed E-state index contributed by atoms with van der Waals surface area (Å²) in [5.41, 5.74) is 5.77. The molecular weight excluding hydrogens is 953 g/mol. The molecule has 2 heterocycles. The van der Waals surface area contributed by atoms with Crippen LogP contribution >= 0.6 is 0 Å². The molecule has 0 amide bonds. The maximum atomic E-state index is 13.6. The van der Waals surface area contributed by atoms with Crippen LogP contribution in [-0.2, 0) is 87.0 Å². The van der Waals surface area contributed by atoms with Crippen LogP contribution in [0.5, 0.6) is 5.75 Å². The maximum absolute atomic E-state index is 13.6. The summed E-state index contributed by atoms with van der Waals surface area (Å²) in [4.78, 5) is 13.6. The average molecular weight is 1020 g/mol. The Morgan fingerprint density at radius 3 is 1.28 bits per heavy atom. The van der Waals surface area contributed by atoms with Gasteiger partial charge in [0.25, 0.3) is 0 Å². The first kappa shape index (κ1) is 53.2. The number of ether oxygens (including phenoxy) is 11. The molecule has 10 atom stereocenters. The summed E-state index contributed by atoms with van der Waals surface area (Å²) in [6, 6.07) is 65.2. The molecule has 2 fully saturated rings. The van der Waals surface area contributed by atoms with Crippen molar-refractivity contribution in [2.24, 2.45) is 0 Å². The van der Waals surface area contributed by atoms with Crippen molar-refractivity contribution in [3.63, 3.8) is 0 Å². The highest BCUT2D eigenvalue weighted by Gasteiger charge is 2.54. The SMILES string of the molecule is COc1ccc(CO[C@H]2[C@@H](O[C@@H]3[C@H](OCc4ccccc4)[C@@H](OCc4ccccc4)[C@H](O)O[C@@H]3COC(=O)c3ccccc3)O[C@H](COCc3ccccc3)[C@H](OCc3ccccc3)[C@@H]2OCc2ccccc2)cc1. The van der Waals surface area contributed by atoms with Crippen molar-refractivity contribution in [2.75, 3.05) is 20.3 Å². The molecule has 0 spiro atoms. The minimum absolute atomic E-state index is 0.0688. The van der Waals surface area contributed by atoms with Gasteiger partial charge in [0, 0.05) is 0 Å². The fourth-order valence-electron chi connectivity index (χ4n) is 9.07. The summed E-state index contributed by atoms with van der Waals surface area (Å²) in [5, 5.41) is 12.0. The fourth-order valence-corrected chi connectivity index (χ4v) is 9.07. The number of methoxy groups -OCH3 is 1. The van der Waals surface area contributed by atoms with Crippen LogP contribution in [0.1, 0.15) is 43.7 Å². The number of esters is 1. The first-order chi connectivity index (χ1) is 37.0. The number of benzene rings is 7. The third-order valence-electron chi connectivity index (χ3n) is 13.0. The summed E-state index contributed by atoms with van der Waals surface area (Å²) in [7, 11) is 1.62. The van der Waals surface area contributed by atoms with E-state index in [1.165, 1.54) is 0 Å². The van der Waals surface area contributed by atoms with Gasteiger partial charge in [-0.05, 0) is 57.6 Å². The van der Waals surface area contributed by atoms with E-state index in [0.29, 0.717) is 17.9 Å². The number of hydrogen-bond acceptors (Lipinski definition) is 13. The Morgan fingerprint density at radius 1 is 0.413 bits per heavy atom. The first-order valence-corrected chi connectivity index (χ1v) is 25.3. The van der Waals surface area contributed by atoms with Crippen molar-refractivity contribution < 1.29 is 62.0 Å². The zero-order chi connectivity index (χ0) is 51.4. The summed E-state index contributed by atoms with van der Waals surface area (Å²) in [6.45, 7) is 0.778. The van der Waals surface area contributed by atoms with Crippen molar-refractivity contribution in [1.29, 1.82) is 0 Å². The van der Waals surface area contributed by atoms with Crippen molar-refractivity contribution in [1.82, 2.24) is 0 Å². The molecule has 2 aliphatic rings. The number of carbonyl (C=O) groups excluding carboxylic acids is 1. The topological polar surface area (TPSA) is 139 Å². The molecule has 7 aromatic rings. The summed E-state index contributed by atoms with van der Waals surface area (Å²) in [5.74, 6) is 0.108. The van der Waals surface area contributed by atoms with Gasteiger partial charge < -0.3 is 57.2 Å². The molecule has 13 heteroatoms. The van der Waals surface area contributed by atoms with Crippen LogP contribution in [-0.4, -0.2) is 92.8 Å². The van der Waals surface area contributed by atoms with Crippen molar-refractivity contribution >= 4 is 5.97 Å². The molecule has 2 aliphatic heterocycles. The molecule has 0 radical (unpaired) electrons. The lowest BCUT2D eigenvalue weighted by Crippen LogP contribution is -2.66. The molecule has 7 aromatic carbocycles. The maximum Gasteiger partial charge on any atom is 0.338 e. The zero-order valence-electron chi connectivity index (χ0n) is 41.9. The molecular formula is C62H64O13. The molecule has 0 saturated carbocycles. The predicted molar refractivity (Wildman–Crippen MR) is 279 cm³/mol. The monoisotopic (exact) mass is 1020 g/mol. The Labute approximate surface area is 438 Å². The first-order valence-electron chi connectivity index (χ1n) is 25.3. The van der Waals surface area contributed by atoms with Gasteiger partial charge >= 0.3 is 5.97 Å². The lowest BCUT2D eigenvalue weighted by atomic mass is 9.95. The molecule has 9 rings (SSSR count). The standard InChI is InChI=1S/C62H64O13/c1-65-51-34-32-49(33-35-51)41-71-59-56(68-38-46-24-12-4-13-25-46)54(67-37-45-22-10-3-11-23-45)52(42-66-36-44-20-8-2-9-21-44)74-62(59)75-55-53(43-72-60(63)50-30-18-7-19-31-50)73-61(64)58(70-40-48-28-16-6-17-29-48)57(55)69-39-47-26-14-5-15-27-47/h2-35,52-59,61-62,64H,36-43H2,1H3/t52-,53-,54+,55+,56+,57+,58-,59-,61-,62-/m1/s1. The lowest BCUT2D eigenvalue weighted by Gasteiger charge is -2.49. The van der Waals surface area contributed by atoms with E-state index in [4.69, 9.17) is 52.1 Å². The molecule has 75 heavy (non-hydrogen) atoms. The van der Waals surface area contributed by atoms with Gasteiger partial charge in [0.15, 0.2) is 12.6 Å². The largest absolute Gasteiger partial charge is 0.497 e. The number of aliphatic hydroxyl groups is 1. The Kier molecular flexibility index (Phi) is 19.7. The average Bonchev–Trinajstić information content (AvgIpc) is 3.47. The Morgan fingerprint density at radius 2 is 0.800 bits per heavy atom. The molecule has 13 nitrogen and oxygen atoms in total. The quantitative estimate of drug-likeness (QED) is 0.0544. The molecule has 390 valence electrons. The minimum atomic E-state index is -1.54. The highest BCUT2D eigenvalue weighted by Crippen LogP contribution is 2.36. The van der Waals surface area contributed by atoms with Crippen LogP contribution in [0.2, 0.25) is 0 Å². The smallest absolute Gasteiger partial charge is 0.338 e. The lowest BCUT2D eigenvalue weighted by molar-refractivity contribution is -0.373. The number of hydrogen-bond donors (Lipinski definition) is 1. The van der Waals surface area contributed by atoms with Crippen molar-refractivity contribution in [3.05, 3.63) is 245 Å². The second-order valence-electron chi connectivity index (χ2n) is 18.3. The second-order valence-corrected chi connectivity index (χ2v) is 18.3. The predicted octanol–water partition coefficient (Wildman–Crippen LogP) is 9.82. The van der Waals surface area contributed by atoms with Crippen molar-refractivity contribution in [3.8, 4) is 5.75 Å². The van der Waals surface area contributed by atoms with Crippen LogP contribution < -0.4 is 4.74 Å². The van der Waals surface area contributed by atoms with E-state index in [9.17, 15) is 9.90 Å². The van der Waals surface area contributed by atoms with Gasteiger partial charge in [-0.2, -0.15) is 0 Å². The normalized spacial score (nSPS) is 23.5. The van der Waals surface area contributed by atoms with Crippen LogP contribution in [0.25, 0.3) is 0 Å². The fraction of sp³-hybridized carbons (Fsp3) is 0.306. The molecule has 1 N–H and O–H groups in total. The number of rotatable bonds is 25. The van der Waals surface area contributed by atoms with Crippen LogP contribution in [0.3, 0.4) is 0 Å². The molecule has 2 saturated heterocycles. The Bertz CT molecular complexity index is 2700. The highest BCUT2D eigenvalue weighted by molar-refractivity contribution is 5.89. The van der Waals surface area contributed by atoms with Gasteiger partial charge in [-0.3, -0.25) is 0 Å². The summed E-state index contributed by atoms with van der Waals surface area (Å²) >= 11 is 0. The van der Waals surface area contributed by atoms with Gasteiger partial charge in [-0.1, -0.05) is 182 Å². The summed E-state index contributed by atoms with van der Waals surface area (Å²) < 4.78 is 73.4. The third kappa shape index (κ3) is 15.3. The van der Waals surface area contributed by atoms with Crippen LogP contribution in [0, 0.1) is 0 Å². The van der Waals surface area contributed by atoms with Crippen LogP contribution in [0.4, 0.5) is 0 Å². The number of carbonyl (C=O) groups is 1. The van der Waals surface area contributed by atoms with Gasteiger partial charge in [-0.15, -0.1) is 0 Å². The van der Waals surface area contributed by atoms with Crippen molar-refractivity contribution in [2.45, 2.75) is 101 Å².